The number of aromatic nitrogens is 2. The number of benzene rings is 1. The minimum atomic E-state index is -0.649. The third-order valence-corrected chi connectivity index (χ3v) is 4.48. The second kappa shape index (κ2) is 6.70. The average molecular weight is 337 g/mol. The summed E-state index contributed by atoms with van der Waals surface area (Å²) in [6.07, 6.45) is 6.01. The van der Waals surface area contributed by atoms with E-state index in [1.165, 1.54) is 28.6 Å². The maximum absolute atomic E-state index is 14.0. The lowest BCUT2D eigenvalue weighted by atomic mass is 9.93. The summed E-state index contributed by atoms with van der Waals surface area (Å²) in [5.41, 5.74) is 2.01. The molecule has 0 bridgehead atoms. The van der Waals surface area contributed by atoms with Crippen LogP contribution in [0.25, 0.3) is 5.69 Å². The largest absolute Gasteiger partial charge is 0.348 e. The zero-order valence-corrected chi connectivity index (χ0v) is 13.5. The number of halogens is 2. The van der Waals surface area contributed by atoms with Gasteiger partial charge in [-0.3, -0.25) is 4.79 Å². The molecule has 1 aliphatic carbocycles. The minimum absolute atomic E-state index is 0.0175. The predicted octanol–water partition coefficient (Wildman–Crippen LogP) is 3.01. The Balaban J connectivity index is 1.92. The van der Waals surface area contributed by atoms with Gasteiger partial charge in [0.05, 0.1) is 18.0 Å². The molecule has 1 atom stereocenters. The van der Waals surface area contributed by atoms with Crippen molar-refractivity contribution in [3.8, 4) is 5.69 Å². The Bertz CT molecular complexity index is 732. The molecule has 3 rings (SSSR count). The maximum atomic E-state index is 14.0. The first kappa shape index (κ1) is 16.0. The Morgan fingerprint density at radius 3 is 3.04 bits per heavy atom. The van der Waals surface area contributed by atoms with Crippen LogP contribution >= 0.6 is 11.8 Å². The van der Waals surface area contributed by atoms with Gasteiger partial charge in [0, 0.05) is 17.3 Å². The summed E-state index contributed by atoms with van der Waals surface area (Å²) in [5.74, 6) is -0.873. The maximum Gasteiger partial charge on any atom is 0.230 e. The van der Waals surface area contributed by atoms with E-state index in [-0.39, 0.29) is 17.6 Å². The van der Waals surface area contributed by atoms with Gasteiger partial charge in [-0.05, 0) is 37.7 Å². The fraction of sp³-hybridized carbons (Fsp3) is 0.375. The van der Waals surface area contributed by atoms with Crippen molar-refractivity contribution in [1.82, 2.24) is 15.1 Å². The highest BCUT2D eigenvalue weighted by Gasteiger charge is 2.26. The van der Waals surface area contributed by atoms with Crippen molar-refractivity contribution in [3.05, 3.63) is 47.3 Å². The standard InChI is InChI=1S/C16H17F2N3OS/c1-23-9-16(22)20-13-3-2-4-14-11(13)8-19-21(14)15-6-5-10(17)7-12(15)18/h5-8,13H,2-4,9H2,1H3,(H,20,22). The fourth-order valence-corrected chi connectivity index (χ4v) is 3.28. The van der Waals surface area contributed by atoms with E-state index in [4.69, 9.17) is 0 Å². The van der Waals surface area contributed by atoms with Crippen LogP contribution in [0.4, 0.5) is 8.78 Å². The van der Waals surface area contributed by atoms with Crippen LogP contribution in [0.5, 0.6) is 0 Å². The molecule has 0 fully saturated rings. The minimum Gasteiger partial charge on any atom is -0.348 e. The Labute approximate surface area is 137 Å². The van der Waals surface area contributed by atoms with E-state index < -0.39 is 11.6 Å². The molecule has 7 heteroatoms. The molecule has 1 aromatic heterocycles. The number of fused-ring (bicyclic) bond motifs is 1. The van der Waals surface area contributed by atoms with Gasteiger partial charge in [-0.2, -0.15) is 16.9 Å². The lowest BCUT2D eigenvalue weighted by Gasteiger charge is -2.24. The summed E-state index contributed by atoms with van der Waals surface area (Å²) in [5, 5.41) is 7.26. The predicted molar refractivity (Wildman–Crippen MR) is 85.7 cm³/mol. The molecule has 122 valence electrons. The highest BCUT2D eigenvalue weighted by atomic mass is 32.2. The van der Waals surface area contributed by atoms with Crippen molar-refractivity contribution >= 4 is 17.7 Å². The van der Waals surface area contributed by atoms with Gasteiger partial charge in [0.15, 0.2) is 5.82 Å². The molecule has 0 radical (unpaired) electrons. The summed E-state index contributed by atoms with van der Waals surface area (Å²) >= 11 is 1.47. The molecule has 1 heterocycles. The molecule has 1 N–H and O–H groups in total. The number of carbonyl (C=O) groups is 1. The number of hydrogen-bond donors (Lipinski definition) is 1. The first-order valence-corrected chi connectivity index (χ1v) is 8.80. The second-order valence-corrected chi connectivity index (χ2v) is 6.37. The third kappa shape index (κ3) is 3.24. The number of rotatable bonds is 4. The van der Waals surface area contributed by atoms with E-state index in [0.29, 0.717) is 5.75 Å². The molecule has 0 saturated heterocycles. The molecule has 1 amide bonds. The van der Waals surface area contributed by atoms with Crippen LogP contribution in [0.2, 0.25) is 0 Å². The number of nitrogens with zero attached hydrogens (tertiary/aromatic N) is 2. The molecular formula is C16H17F2N3OS. The van der Waals surface area contributed by atoms with E-state index >= 15 is 0 Å². The first-order valence-electron chi connectivity index (χ1n) is 7.40. The Hall–Kier alpha value is -1.89. The lowest BCUT2D eigenvalue weighted by Crippen LogP contribution is -2.32. The van der Waals surface area contributed by atoms with Crippen molar-refractivity contribution in [2.24, 2.45) is 0 Å². The zero-order valence-electron chi connectivity index (χ0n) is 12.7. The molecule has 0 spiro atoms. The number of carbonyl (C=O) groups excluding carboxylic acids is 1. The summed E-state index contributed by atoms with van der Waals surface area (Å²) in [4.78, 5) is 11.8. The molecule has 2 aromatic rings. The van der Waals surface area contributed by atoms with Gasteiger partial charge in [0.1, 0.15) is 11.5 Å². The Morgan fingerprint density at radius 1 is 1.48 bits per heavy atom. The summed E-state index contributed by atoms with van der Waals surface area (Å²) in [7, 11) is 0. The quantitative estimate of drug-likeness (QED) is 0.933. The lowest BCUT2D eigenvalue weighted by molar-refractivity contribution is -0.119. The van der Waals surface area contributed by atoms with Gasteiger partial charge in [0.2, 0.25) is 5.91 Å². The van der Waals surface area contributed by atoms with Gasteiger partial charge in [0.25, 0.3) is 0 Å². The molecule has 4 nitrogen and oxygen atoms in total. The van der Waals surface area contributed by atoms with Crippen LogP contribution in [0.1, 0.15) is 30.1 Å². The van der Waals surface area contributed by atoms with E-state index in [2.05, 4.69) is 10.4 Å². The summed E-state index contributed by atoms with van der Waals surface area (Å²) < 4.78 is 28.6. The van der Waals surface area contributed by atoms with Crippen molar-refractivity contribution < 1.29 is 13.6 Å². The van der Waals surface area contributed by atoms with Crippen molar-refractivity contribution in [3.63, 3.8) is 0 Å². The molecule has 0 saturated carbocycles. The van der Waals surface area contributed by atoms with Crippen LogP contribution in [0, 0.1) is 11.6 Å². The molecule has 1 aliphatic rings. The van der Waals surface area contributed by atoms with Gasteiger partial charge in [-0.25, -0.2) is 13.5 Å². The van der Waals surface area contributed by atoms with Crippen molar-refractivity contribution in [2.75, 3.05) is 12.0 Å². The molecule has 1 aromatic carbocycles. The molecule has 1 unspecified atom stereocenters. The van der Waals surface area contributed by atoms with Gasteiger partial charge in [-0.1, -0.05) is 0 Å². The first-order chi connectivity index (χ1) is 11.1. The summed E-state index contributed by atoms with van der Waals surface area (Å²) in [6, 6.07) is 3.35. The van der Waals surface area contributed by atoms with Gasteiger partial charge >= 0.3 is 0 Å². The van der Waals surface area contributed by atoms with E-state index in [0.717, 1.165) is 36.6 Å². The Kier molecular flexibility index (Phi) is 4.66. The van der Waals surface area contributed by atoms with Crippen LogP contribution in [0.3, 0.4) is 0 Å². The van der Waals surface area contributed by atoms with Crippen LogP contribution in [-0.4, -0.2) is 27.7 Å². The Morgan fingerprint density at radius 2 is 2.30 bits per heavy atom. The molecule has 23 heavy (non-hydrogen) atoms. The normalized spacial score (nSPS) is 16.9. The molecular weight excluding hydrogens is 320 g/mol. The number of nitrogens with one attached hydrogen (secondary N) is 1. The van der Waals surface area contributed by atoms with E-state index in [9.17, 15) is 13.6 Å². The SMILES string of the molecule is CSCC(=O)NC1CCCc2c1cnn2-c1ccc(F)cc1F. The van der Waals surface area contributed by atoms with E-state index in [1.807, 2.05) is 6.26 Å². The third-order valence-electron chi connectivity index (χ3n) is 3.93. The van der Waals surface area contributed by atoms with Crippen molar-refractivity contribution in [2.45, 2.75) is 25.3 Å². The highest BCUT2D eigenvalue weighted by Crippen LogP contribution is 2.31. The summed E-state index contributed by atoms with van der Waals surface area (Å²) in [6.45, 7) is 0. The topological polar surface area (TPSA) is 46.9 Å². The van der Waals surface area contributed by atoms with Crippen LogP contribution < -0.4 is 5.32 Å². The van der Waals surface area contributed by atoms with Crippen molar-refractivity contribution in [1.29, 1.82) is 0 Å². The number of amides is 1. The average Bonchev–Trinajstić information content (AvgIpc) is 2.92. The van der Waals surface area contributed by atoms with Gasteiger partial charge < -0.3 is 5.32 Å². The monoisotopic (exact) mass is 337 g/mol. The smallest absolute Gasteiger partial charge is 0.230 e. The highest BCUT2D eigenvalue weighted by molar-refractivity contribution is 7.99. The van der Waals surface area contributed by atoms with Gasteiger partial charge in [-0.15, -0.1) is 0 Å². The fourth-order valence-electron chi connectivity index (χ4n) is 2.93. The molecule has 0 aliphatic heterocycles. The van der Waals surface area contributed by atoms with Crippen LogP contribution in [-0.2, 0) is 11.2 Å². The zero-order chi connectivity index (χ0) is 16.4. The van der Waals surface area contributed by atoms with E-state index in [1.54, 1.807) is 6.20 Å². The number of thioether (sulfide) groups is 1. The number of hydrogen-bond acceptors (Lipinski definition) is 3. The van der Waals surface area contributed by atoms with Crippen LogP contribution in [0.15, 0.2) is 24.4 Å². The second-order valence-electron chi connectivity index (χ2n) is 5.50.